The maximum Gasteiger partial charge on any atom is 0.306 e. The maximum atomic E-state index is 12.6. The molecule has 5 rings (SSSR count). The van der Waals surface area contributed by atoms with Gasteiger partial charge in [-0.1, -0.05) is 80.4 Å². The van der Waals surface area contributed by atoms with Crippen LogP contribution in [0.25, 0.3) is 0 Å². The molecule has 4 saturated carbocycles. The van der Waals surface area contributed by atoms with E-state index in [2.05, 4.69) is 68.4 Å². The Morgan fingerprint density at radius 1 is 0.811 bits per heavy atom. The molecule has 0 aromatic rings. The highest BCUT2D eigenvalue weighted by molar-refractivity contribution is 5.69. The van der Waals surface area contributed by atoms with E-state index in [0.717, 1.165) is 31.1 Å². The second-order valence-electron chi connectivity index (χ2n) is 16.7. The van der Waals surface area contributed by atoms with Gasteiger partial charge in [0, 0.05) is 11.8 Å². The van der Waals surface area contributed by atoms with Crippen LogP contribution in [0, 0.1) is 50.2 Å². The molecule has 4 fully saturated rings. The largest absolute Gasteiger partial charge is 0.462 e. The number of rotatable bonds is 4. The lowest BCUT2D eigenvalue weighted by Gasteiger charge is -2.72. The van der Waals surface area contributed by atoms with Crippen molar-refractivity contribution < 1.29 is 9.53 Å². The van der Waals surface area contributed by atoms with Crippen LogP contribution in [-0.2, 0) is 9.53 Å². The van der Waals surface area contributed by atoms with E-state index in [-0.39, 0.29) is 17.5 Å². The van der Waals surface area contributed by atoms with Crippen molar-refractivity contribution in [3.05, 3.63) is 11.6 Å². The zero-order chi connectivity index (χ0) is 27.1. The van der Waals surface area contributed by atoms with Gasteiger partial charge in [0.15, 0.2) is 0 Å². The molecule has 0 aromatic heterocycles. The summed E-state index contributed by atoms with van der Waals surface area (Å²) in [6, 6.07) is 0. The van der Waals surface area contributed by atoms with Crippen LogP contribution in [0.5, 0.6) is 0 Å². The smallest absolute Gasteiger partial charge is 0.306 e. The second-order valence-corrected chi connectivity index (χ2v) is 16.7. The van der Waals surface area contributed by atoms with Crippen molar-refractivity contribution in [2.75, 3.05) is 0 Å². The molecule has 37 heavy (non-hydrogen) atoms. The first-order chi connectivity index (χ1) is 17.1. The van der Waals surface area contributed by atoms with E-state index in [1.807, 2.05) is 5.57 Å². The highest BCUT2D eigenvalue weighted by Crippen LogP contribution is 2.76. The summed E-state index contributed by atoms with van der Waals surface area (Å²) in [4.78, 5) is 12.6. The van der Waals surface area contributed by atoms with Crippen molar-refractivity contribution >= 4 is 5.97 Å². The molecule has 0 saturated heterocycles. The van der Waals surface area contributed by atoms with Crippen LogP contribution < -0.4 is 0 Å². The van der Waals surface area contributed by atoms with E-state index in [9.17, 15) is 4.79 Å². The lowest BCUT2D eigenvalue weighted by Crippen LogP contribution is -2.66. The molecule has 0 aliphatic heterocycles. The van der Waals surface area contributed by atoms with Crippen LogP contribution in [-0.4, -0.2) is 12.1 Å². The third-order valence-electron chi connectivity index (χ3n) is 13.9. The Morgan fingerprint density at radius 2 is 1.51 bits per heavy atom. The van der Waals surface area contributed by atoms with E-state index in [4.69, 9.17) is 4.74 Å². The second kappa shape index (κ2) is 8.86. The van der Waals surface area contributed by atoms with E-state index >= 15 is 0 Å². The van der Waals surface area contributed by atoms with Gasteiger partial charge in [-0.25, -0.2) is 0 Å². The molecular formula is C35H58O2. The number of carbonyl (C=O) groups excluding carboxylic acids is 1. The fourth-order valence-corrected chi connectivity index (χ4v) is 11.4. The highest BCUT2D eigenvalue weighted by atomic mass is 16.5. The molecule has 0 bridgehead atoms. The van der Waals surface area contributed by atoms with Gasteiger partial charge in [-0.3, -0.25) is 4.79 Å². The van der Waals surface area contributed by atoms with Crippen molar-refractivity contribution in [2.24, 2.45) is 50.2 Å². The van der Waals surface area contributed by atoms with Crippen molar-refractivity contribution in [1.29, 1.82) is 0 Å². The summed E-state index contributed by atoms with van der Waals surface area (Å²) in [6.07, 6.45) is 18.6. The standard InChI is InChI=1S/C35H58O2/c1-10-11-12-29(36)37-28-16-17-33(7)26(31(28,4)5)15-18-35(9)27(33)14-13-24-25-23-30(2,3)19-20-32(25,6)21-22-34(24,35)8/h23-24,26-28H,10-22H2,1-9H3. The average molecular weight is 511 g/mol. The quantitative estimate of drug-likeness (QED) is 0.278. The Hall–Kier alpha value is -0.790. The van der Waals surface area contributed by atoms with E-state index in [1.165, 1.54) is 57.8 Å². The number of ether oxygens (including phenoxy) is 1. The molecule has 0 aromatic carbocycles. The molecule has 2 heteroatoms. The van der Waals surface area contributed by atoms with Gasteiger partial charge in [0.2, 0.25) is 0 Å². The maximum absolute atomic E-state index is 12.6. The number of hydrogen-bond donors (Lipinski definition) is 0. The van der Waals surface area contributed by atoms with Gasteiger partial charge < -0.3 is 4.74 Å². The Labute approximate surface area is 229 Å². The minimum absolute atomic E-state index is 0.0335. The van der Waals surface area contributed by atoms with Gasteiger partial charge in [0.25, 0.3) is 0 Å². The van der Waals surface area contributed by atoms with E-state index in [1.54, 1.807) is 0 Å². The number of carbonyl (C=O) groups is 1. The number of unbranched alkanes of at least 4 members (excludes halogenated alkanes) is 1. The fourth-order valence-electron chi connectivity index (χ4n) is 11.4. The van der Waals surface area contributed by atoms with Gasteiger partial charge in [-0.2, -0.15) is 0 Å². The Bertz CT molecular complexity index is 943. The van der Waals surface area contributed by atoms with Gasteiger partial charge in [0.05, 0.1) is 0 Å². The Kier molecular flexibility index (Phi) is 6.65. The first-order valence-electron chi connectivity index (χ1n) is 16.1. The van der Waals surface area contributed by atoms with E-state index < -0.39 is 0 Å². The average Bonchev–Trinajstić information content (AvgIpc) is 2.81. The van der Waals surface area contributed by atoms with Crippen molar-refractivity contribution in [3.63, 3.8) is 0 Å². The SMILES string of the molecule is CCCCC(=O)OC1CCC2(C)C(CCC3(C)C2CCC2C4=CC(C)(C)CCC4(C)CCC23C)C1(C)C. The summed E-state index contributed by atoms with van der Waals surface area (Å²) >= 11 is 0. The summed E-state index contributed by atoms with van der Waals surface area (Å²) < 4.78 is 6.21. The molecule has 8 atom stereocenters. The van der Waals surface area contributed by atoms with Crippen LogP contribution in [0.2, 0.25) is 0 Å². The zero-order valence-corrected chi connectivity index (χ0v) is 25.9. The topological polar surface area (TPSA) is 26.3 Å². The van der Waals surface area contributed by atoms with E-state index in [0.29, 0.717) is 39.4 Å². The molecule has 5 aliphatic rings. The molecule has 5 aliphatic carbocycles. The molecule has 2 nitrogen and oxygen atoms in total. The van der Waals surface area contributed by atoms with Crippen LogP contribution >= 0.6 is 0 Å². The van der Waals surface area contributed by atoms with Crippen molar-refractivity contribution in [2.45, 2.75) is 152 Å². The summed E-state index contributed by atoms with van der Waals surface area (Å²) in [7, 11) is 0. The molecule has 0 amide bonds. The lowest BCUT2D eigenvalue weighted by molar-refractivity contribution is -0.233. The van der Waals surface area contributed by atoms with Crippen molar-refractivity contribution in [3.8, 4) is 0 Å². The first kappa shape index (κ1) is 27.8. The molecule has 8 unspecified atom stereocenters. The molecule has 0 heterocycles. The number of fused-ring (bicyclic) bond motifs is 7. The monoisotopic (exact) mass is 510 g/mol. The summed E-state index contributed by atoms with van der Waals surface area (Å²) in [5, 5.41) is 0. The minimum Gasteiger partial charge on any atom is -0.462 e. The highest BCUT2D eigenvalue weighted by Gasteiger charge is 2.69. The van der Waals surface area contributed by atoms with Gasteiger partial charge in [-0.05, 0) is 115 Å². The molecule has 0 spiro atoms. The van der Waals surface area contributed by atoms with Gasteiger partial charge >= 0.3 is 5.97 Å². The van der Waals surface area contributed by atoms with Crippen LogP contribution in [0.1, 0.15) is 146 Å². The first-order valence-corrected chi connectivity index (χ1v) is 16.1. The minimum atomic E-state index is 0.0335. The summed E-state index contributed by atoms with van der Waals surface area (Å²) in [5.74, 6) is 2.21. The number of hydrogen-bond acceptors (Lipinski definition) is 2. The number of esters is 1. The van der Waals surface area contributed by atoms with Crippen molar-refractivity contribution in [1.82, 2.24) is 0 Å². The fraction of sp³-hybridized carbons (Fsp3) is 0.914. The lowest BCUT2D eigenvalue weighted by atomic mass is 9.32. The van der Waals surface area contributed by atoms with Crippen LogP contribution in [0.3, 0.4) is 0 Å². The van der Waals surface area contributed by atoms with Crippen LogP contribution in [0.15, 0.2) is 11.6 Å². The Morgan fingerprint density at radius 3 is 2.22 bits per heavy atom. The molecule has 0 N–H and O–H groups in total. The van der Waals surface area contributed by atoms with Crippen LogP contribution in [0.4, 0.5) is 0 Å². The third-order valence-corrected chi connectivity index (χ3v) is 13.9. The Balaban J connectivity index is 1.44. The predicted molar refractivity (Wildman–Crippen MR) is 154 cm³/mol. The number of allylic oxidation sites excluding steroid dienone is 2. The predicted octanol–water partition coefficient (Wildman–Crippen LogP) is 9.91. The normalized spacial score (nSPS) is 48.0. The zero-order valence-electron chi connectivity index (χ0n) is 25.9. The molecular weight excluding hydrogens is 452 g/mol. The summed E-state index contributed by atoms with van der Waals surface area (Å²) in [6.45, 7) is 22.7. The molecule has 210 valence electrons. The third kappa shape index (κ3) is 4.03. The summed E-state index contributed by atoms with van der Waals surface area (Å²) in [5.41, 5.74) is 3.83. The van der Waals surface area contributed by atoms with Gasteiger partial charge in [0.1, 0.15) is 6.10 Å². The molecule has 0 radical (unpaired) electrons. The van der Waals surface area contributed by atoms with Gasteiger partial charge in [-0.15, -0.1) is 0 Å².